The highest BCUT2D eigenvalue weighted by Gasteiger charge is 2.27. The standard InChI is InChI=1S/C19H21N5OS/c20-13-15-3-1-2-4-16(15)14-5-9-23(10-6-14)19(25)18-17(7-12-26-18)24-11-8-21-22-24/h1-4,7-8,11-12,14H,5-6,9-10,13,20H2. The Morgan fingerprint density at radius 2 is 2.04 bits per heavy atom. The molecule has 1 aliphatic rings. The average Bonchev–Trinajstić information content (AvgIpc) is 3.39. The van der Waals surface area contributed by atoms with E-state index in [1.54, 1.807) is 17.1 Å². The number of likely N-dealkylation sites (tertiary alicyclic amines) is 1. The van der Waals surface area contributed by atoms with Crippen LogP contribution in [0.15, 0.2) is 48.1 Å². The summed E-state index contributed by atoms with van der Waals surface area (Å²) in [4.78, 5) is 15.7. The van der Waals surface area contributed by atoms with Crippen LogP contribution in [-0.2, 0) is 6.54 Å². The van der Waals surface area contributed by atoms with Gasteiger partial charge in [-0.3, -0.25) is 4.79 Å². The number of aromatic nitrogens is 3. The summed E-state index contributed by atoms with van der Waals surface area (Å²) in [6.45, 7) is 2.08. The summed E-state index contributed by atoms with van der Waals surface area (Å²) in [5.41, 5.74) is 9.23. The Morgan fingerprint density at radius 1 is 1.23 bits per heavy atom. The number of nitrogens with two attached hydrogens (primary N) is 1. The second-order valence-corrected chi connectivity index (χ2v) is 7.37. The van der Waals surface area contributed by atoms with Gasteiger partial charge in [0.05, 0.1) is 18.1 Å². The lowest BCUT2D eigenvalue weighted by Gasteiger charge is -2.33. The van der Waals surface area contributed by atoms with E-state index in [0.29, 0.717) is 12.5 Å². The van der Waals surface area contributed by atoms with Crippen molar-refractivity contribution in [2.45, 2.75) is 25.3 Å². The van der Waals surface area contributed by atoms with E-state index >= 15 is 0 Å². The SMILES string of the molecule is NCc1ccccc1C1CCN(C(=O)c2sccc2-n2ccnn2)CC1. The van der Waals surface area contributed by atoms with Crippen LogP contribution in [-0.4, -0.2) is 38.9 Å². The molecule has 3 heterocycles. The smallest absolute Gasteiger partial charge is 0.266 e. The van der Waals surface area contributed by atoms with E-state index in [4.69, 9.17) is 5.73 Å². The molecule has 134 valence electrons. The summed E-state index contributed by atoms with van der Waals surface area (Å²) in [6.07, 6.45) is 5.31. The zero-order valence-corrected chi connectivity index (χ0v) is 15.2. The molecule has 1 aromatic carbocycles. The average molecular weight is 367 g/mol. The number of thiophene rings is 1. The Kier molecular flexibility index (Phi) is 4.81. The van der Waals surface area contributed by atoms with Crippen LogP contribution in [0.1, 0.15) is 39.6 Å². The number of nitrogens with zero attached hydrogens (tertiary/aromatic N) is 4. The van der Waals surface area contributed by atoms with Gasteiger partial charge < -0.3 is 10.6 Å². The van der Waals surface area contributed by atoms with Gasteiger partial charge in [-0.1, -0.05) is 29.5 Å². The fraction of sp³-hybridized carbons (Fsp3) is 0.316. The molecule has 1 saturated heterocycles. The molecule has 0 radical (unpaired) electrons. The van der Waals surface area contributed by atoms with Gasteiger partial charge in [0, 0.05) is 19.6 Å². The van der Waals surface area contributed by atoms with Crippen LogP contribution in [0, 0.1) is 0 Å². The first kappa shape index (κ1) is 16.9. The Hall–Kier alpha value is -2.51. The van der Waals surface area contributed by atoms with E-state index in [9.17, 15) is 4.79 Å². The summed E-state index contributed by atoms with van der Waals surface area (Å²) < 4.78 is 1.65. The lowest BCUT2D eigenvalue weighted by atomic mass is 9.86. The minimum atomic E-state index is 0.0797. The van der Waals surface area contributed by atoms with Gasteiger partial charge in [0.25, 0.3) is 5.91 Å². The molecule has 4 rings (SSSR count). The third-order valence-corrected chi connectivity index (χ3v) is 5.90. The molecule has 1 fully saturated rings. The Morgan fingerprint density at radius 3 is 2.77 bits per heavy atom. The van der Waals surface area contributed by atoms with Crippen molar-refractivity contribution >= 4 is 17.2 Å². The molecule has 2 N–H and O–H groups in total. The lowest BCUT2D eigenvalue weighted by molar-refractivity contribution is 0.0717. The fourth-order valence-electron chi connectivity index (χ4n) is 3.64. The minimum absolute atomic E-state index is 0.0797. The quantitative estimate of drug-likeness (QED) is 0.769. The molecule has 3 aromatic rings. The van der Waals surface area contributed by atoms with Crippen molar-refractivity contribution in [1.82, 2.24) is 19.9 Å². The van der Waals surface area contributed by atoms with Gasteiger partial charge in [-0.2, -0.15) is 0 Å². The molecule has 0 atom stereocenters. The summed E-state index contributed by atoms with van der Waals surface area (Å²) in [5.74, 6) is 0.549. The first-order valence-corrected chi connectivity index (χ1v) is 9.67. The molecule has 1 aliphatic heterocycles. The van der Waals surface area contributed by atoms with Crippen molar-refractivity contribution in [3.8, 4) is 5.69 Å². The van der Waals surface area contributed by atoms with Crippen LogP contribution < -0.4 is 5.73 Å². The molecule has 0 saturated carbocycles. The van der Waals surface area contributed by atoms with Gasteiger partial charge in [-0.15, -0.1) is 16.4 Å². The van der Waals surface area contributed by atoms with E-state index in [1.807, 2.05) is 22.4 Å². The number of hydrogen-bond acceptors (Lipinski definition) is 5. The number of benzene rings is 1. The summed E-state index contributed by atoms with van der Waals surface area (Å²) in [5, 5.41) is 9.77. The van der Waals surface area contributed by atoms with E-state index in [-0.39, 0.29) is 5.91 Å². The predicted molar refractivity (Wildman–Crippen MR) is 101 cm³/mol. The number of carbonyl (C=O) groups is 1. The third-order valence-electron chi connectivity index (χ3n) is 5.01. The number of carbonyl (C=O) groups excluding carboxylic acids is 1. The minimum Gasteiger partial charge on any atom is -0.338 e. The van der Waals surface area contributed by atoms with Gasteiger partial charge in [0.15, 0.2) is 0 Å². The van der Waals surface area contributed by atoms with Crippen LogP contribution in [0.5, 0.6) is 0 Å². The van der Waals surface area contributed by atoms with Crippen LogP contribution in [0.3, 0.4) is 0 Å². The fourth-order valence-corrected chi connectivity index (χ4v) is 4.48. The zero-order chi connectivity index (χ0) is 17.9. The maximum atomic E-state index is 13.0. The van der Waals surface area contributed by atoms with E-state index in [1.165, 1.54) is 22.5 Å². The topological polar surface area (TPSA) is 77.0 Å². The maximum absolute atomic E-state index is 13.0. The normalized spacial score (nSPS) is 15.3. The van der Waals surface area contributed by atoms with Gasteiger partial charge in [-0.05, 0) is 41.3 Å². The summed E-state index contributed by atoms with van der Waals surface area (Å²) >= 11 is 1.46. The third kappa shape index (κ3) is 3.15. The lowest BCUT2D eigenvalue weighted by Crippen LogP contribution is -2.38. The second-order valence-electron chi connectivity index (χ2n) is 6.45. The largest absolute Gasteiger partial charge is 0.338 e. The second kappa shape index (κ2) is 7.39. The van der Waals surface area contributed by atoms with Crippen molar-refractivity contribution in [3.05, 3.63) is 64.1 Å². The van der Waals surface area contributed by atoms with Crippen LogP contribution in [0.2, 0.25) is 0 Å². The highest BCUT2D eigenvalue weighted by Crippen LogP contribution is 2.32. The Balaban J connectivity index is 1.47. The molecular formula is C19H21N5OS. The monoisotopic (exact) mass is 367 g/mol. The zero-order valence-electron chi connectivity index (χ0n) is 14.4. The van der Waals surface area contributed by atoms with E-state index in [0.717, 1.165) is 36.5 Å². The summed E-state index contributed by atoms with van der Waals surface area (Å²) in [6, 6.07) is 10.3. The number of hydrogen-bond donors (Lipinski definition) is 1. The van der Waals surface area contributed by atoms with Gasteiger partial charge >= 0.3 is 0 Å². The Labute approximate surface area is 156 Å². The van der Waals surface area contributed by atoms with Crippen LogP contribution in [0.4, 0.5) is 0 Å². The number of amides is 1. The highest BCUT2D eigenvalue weighted by atomic mass is 32.1. The first-order chi connectivity index (χ1) is 12.8. The number of piperidine rings is 1. The van der Waals surface area contributed by atoms with Gasteiger partial charge in [0.1, 0.15) is 4.88 Å². The van der Waals surface area contributed by atoms with Gasteiger partial charge in [-0.25, -0.2) is 4.68 Å². The molecule has 7 heteroatoms. The Bertz CT molecular complexity index is 881. The molecule has 0 bridgehead atoms. The molecule has 6 nitrogen and oxygen atoms in total. The van der Waals surface area contributed by atoms with Crippen molar-refractivity contribution in [2.24, 2.45) is 5.73 Å². The van der Waals surface area contributed by atoms with Gasteiger partial charge in [0.2, 0.25) is 0 Å². The molecule has 2 aromatic heterocycles. The van der Waals surface area contributed by atoms with Crippen molar-refractivity contribution in [2.75, 3.05) is 13.1 Å². The molecular weight excluding hydrogens is 346 g/mol. The van der Waals surface area contributed by atoms with Crippen LogP contribution in [0.25, 0.3) is 5.69 Å². The number of rotatable bonds is 4. The highest BCUT2D eigenvalue weighted by molar-refractivity contribution is 7.12. The van der Waals surface area contributed by atoms with Crippen molar-refractivity contribution in [1.29, 1.82) is 0 Å². The molecule has 1 amide bonds. The summed E-state index contributed by atoms with van der Waals surface area (Å²) in [7, 11) is 0. The van der Waals surface area contributed by atoms with E-state index < -0.39 is 0 Å². The van der Waals surface area contributed by atoms with Crippen molar-refractivity contribution in [3.63, 3.8) is 0 Å². The maximum Gasteiger partial charge on any atom is 0.266 e. The van der Waals surface area contributed by atoms with Crippen molar-refractivity contribution < 1.29 is 4.79 Å². The molecule has 26 heavy (non-hydrogen) atoms. The predicted octanol–water partition coefficient (Wildman–Crippen LogP) is 2.81. The molecule has 0 aliphatic carbocycles. The van der Waals surface area contributed by atoms with E-state index in [2.05, 4.69) is 28.5 Å². The van der Waals surface area contributed by atoms with Crippen LogP contribution >= 0.6 is 11.3 Å². The first-order valence-electron chi connectivity index (χ1n) is 8.79. The molecule has 0 unspecified atom stereocenters. The molecule has 0 spiro atoms.